The number of hydrogen-bond donors (Lipinski definition) is 4. The summed E-state index contributed by atoms with van der Waals surface area (Å²) in [6, 6.07) is 0. The van der Waals surface area contributed by atoms with Crippen molar-refractivity contribution in [3.63, 3.8) is 0 Å². The first-order chi connectivity index (χ1) is 13.4. The van der Waals surface area contributed by atoms with Gasteiger partial charge in [0, 0.05) is 12.8 Å². The standard InChI is InChI=1S/C22H34O6/c1-2-18(24)21-16-19(25)20(28-21)15-14-17(23)12-10-8-6-4-3-5-7-9-11-13-22(26)27/h3-4,7-10,14-15,17-21,23-25H,2,5-6,11-13,16H2,1H3,(H,26,27)/b4-3-,9-7-,10-8-,15-14+/t17-,18-,19-,20+,21-/m0/s1. The lowest BCUT2D eigenvalue weighted by Crippen LogP contribution is -2.25. The third kappa shape index (κ3) is 10.6. The molecular formula is C22H34O6. The second-order valence-electron chi connectivity index (χ2n) is 6.92. The molecule has 1 aliphatic rings. The van der Waals surface area contributed by atoms with E-state index in [9.17, 15) is 20.1 Å². The molecule has 5 atom stereocenters. The monoisotopic (exact) mass is 394 g/mol. The van der Waals surface area contributed by atoms with Gasteiger partial charge in [-0.1, -0.05) is 55.5 Å². The Bertz CT molecular complexity index is 551. The molecule has 0 unspecified atom stereocenters. The summed E-state index contributed by atoms with van der Waals surface area (Å²) >= 11 is 0. The number of hydrogen-bond acceptors (Lipinski definition) is 5. The molecule has 1 saturated heterocycles. The van der Waals surface area contributed by atoms with Crippen LogP contribution in [0.15, 0.2) is 48.6 Å². The van der Waals surface area contributed by atoms with Crippen molar-refractivity contribution in [3.05, 3.63) is 48.6 Å². The lowest BCUT2D eigenvalue weighted by Gasteiger charge is -2.16. The summed E-state index contributed by atoms with van der Waals surface area (Å²) in [5.74, 6) is -0.784. The maximum atomic E-state index is 10.3. The highest BCUT2D eigenvalue weighted by molar-refractivity contribution is 5.66. The van der Waals surface area contributed by atoms with Crippen LogP contribution >= 0.6 is 0 Å². The van der Waals surface area contributed by atoms with Crippen molar-refractivity contribution in [1.29, 1.82) is 0 Å². The maximum Gasteiger partial charge on any atom is 0.303 e. The molecule has 1 aliphatic heterocycles. The van der Waals surface area contributed by atoms with Crippen LogP contribution in [0.2, 0.25) is 0 Å². The van der Waals surface area contributed by atoms with Gasteiger partial charge in [-0.3, -0.25) is 4.79 Å². The lowest BCUT2D eigenvalue weighted by atomic mass is 10.1. The van der Waals surface area contributed by atoms with Gasteiger partial charge in [-0.15, -0.1) is 0 Å². The Hall–Kier alpha value is -1.73. The number of allylic oxidation sites excluding steroid dienone is 5. The number of carboxylic acid groups (broad SMARTS) is 1. The highest BCUT2D eigenvalue weighted by atomic mass is 16.5. The Balaban J connectivity index is 2.18. The van der Waals surface area contributed by atoms with Gasteiger partial charge in [0.25, 0.3) is 0 Å². The molecule has 0 amide bonds. The molecule has 0 saturated carbocycles. The van der Waals surface area contributed by atoms with E-state index in [4.69, 9.17) is 9.84 Å². The quantitative estimate of drug-likeness (QED) is 0.358. The minimum Gasteiger partial charge on any atom is -0.481 e. The summed E-state index contributed by atoms with van der Waals surface area (Å²) in [5, 5.41) is 38.3. The number of aliphatic carboxylic acids is 1. The minimum absolute atomic E-state index is 0.160. The first-order valence-corrected chi connectivity index (χ1v) is 9.98. The average molecular weight is 395 g/mol. The zero-order valence-electron chi connectivity index (χ0n) is 16.6. The fourth-order valence-electron chi connectivity index (χ4n) is 2.82. The molecule has 0 spiro atoms. The molecule has 0 aliphatic carbocycles. The first-order valence-electron chi connectivity index (χ1n) is 9.98. The molecule has 0 aromatic rings. The van der Waals surface area contributed by atoms with E-state index in [1.807, 2.05) is 43.4 Å². The Labute approximate surface area is 167 Å². The molecular weight excluding hydrogens is 360 g/mol. The van der Waals surface area contributed by atoms with Gasteiger partial charge in [0.05, 0.1) is 24.4 Å². The van der Waals surface area contributed by atoms with Crippen LogP contribution in [0.1, 0.15) is 51.9 Å². The molecule has 0 aromatic carbocycles. The van der Waals surface area contributed by atoms with Gasteiger partial charge < -0.3 is 25.2 Å². The van der Waals surface area contributed by atoms with Crippen LogP contribution in [-0.4, -0.2) is 56.9 Å². The van der Waals surface area contributed by atoms with Gasteiger partial charge in [0.1, 0.15) is 6.10 Å². The van der Waals surface area contributed by atoms with Gasteiger partial charge in [0.15, 0.2) is 0 Å². The topological polar surface area (TPSA) is 107 Å². The lowest BCUT2D eigenvalue weighted by molar-refractivity contribution is -0.136. The second-order valence-corrected chi connectivity index (χ2v) is 6.92. The summed E-state index contributed by atoms with van der Waals surface area (Å²) in [7, 11) is 0. The van der Waals surface area contributed by atoms with Crippen LogP contribution < -0.4 is 0 Å². The molecule has 0 aromatic heterocycles. The minimum atomic E-state index is -0.784. The number of carbonyl (C=O) groups is 1. The van der Waals surface area contributed by atoms with Crippen LogP contribution in [0.3, 0.4) is 0 Å². The SMILES string of the molecule is CC[C@H](O)[C@@H]1C[C@H](O)[C@@H](/C=C/[C@@H](O)C/C=C\C/C=C\C/C=C\CCC(=O)O)O1. The number of aliphatic hydroxyl groups is 3. The van der Waals surface area contributed by atoms with Gasteiger partial charge in [-0.2, -0.15) is 0 Å². The van der Waals surface area contributed by atoms with E-state index in [0.717, 1.165) is 12.8 Å². The number of rotatable bonds is 13. The molecule has 158 valence electrons. The van der Waals surface area contributed by atoms with Gasteiger partial charge in [0.2, 0.25) is 0 Å². The molecule has 1 heterocycles. The highest BCUT2D eigenvalue weighted by Crippen LogP contribution is 2.25. The van der Waals surface area contributed by atoms with E-state index in [1.54, 1.807) is 12.2 Å². The number of ether oxygens (including phenoxy) is 1. The van der Waals surface area contributed by atoms with Crippen molar-refractivity contribution in [2.45, 2.75) is 82.4 Å². The molecule has 28 heavy (non-hydrogen) atoms. The van der Waals surface area contributed by atoms with Crippen molar-refractivity contribution in [3.8, 4) is 0 Å². The Kier molecular flexibility index (Phi) is 12.4. The van der Waals surface area contributed by atoms with Gasteiger partial charge in [-0.05, 0) is 32.1 Å². The zero-order valence-corrected chi connectivity index (χ0v) is 16.6. The van der Waals surface area contributed by atoms with Gasteiger partial charge >= 0.3 is 5.97 Å². The normalized spacial score (nSPS) is 25.5. The summed E-state index contributed by atoms with van der Waals surface area (Å²) in [5.41, 5.74) is 0. The predicted molar refractivity (Wildman–Crippen MR) is 109 cm³/mol. The third-order valence-electron chi connectivity index (χ3n) is 4.50. The summed E-state index contributed by atoms with van der Waals surface area (Å²) < 4.78 is 5.63. The maximum absolute atomic E-state index is 10.3. The van der Waals surface area contributed by atoms with E-state index in [-0.39, 0.29) is 12.5 Å². The van der Waals surface area contributed by atoms with Crippen molar-refractivity contribution in [2.75, 3.05) is 0 Å². The summed E-state index contributed by atoms with van der Waals surface area (Å²) in [6.45, 7) is 1.87. The van der Waals surface area contributed by atoms with E-state index in [1.165, 1.54) is 0 Å². The van der Waals surface area contributed by atoms with Crippen molar-refractivity contribution < 1.29 is 30.0 Å². The van der Waals surface area contributed by atoms with Crippen molar-refractivity contribution in [2.24, 2.45) is 0 Å². The fourth-order valence-corrected chi connectivity index (χ4v) is 2.82. The molecule has 1 rings (SSSR count). The molecule has 6 heteroatoms. The van der Waals surface area contributed by atoms with Crippen LogP contribution in [0.25, 0.3) is 0 Å². The fraction of sp³-hybridized carbons (Fsp3) is 0.591. The Morgan fingerprint density at radius 1 is 1.11 bits per heavy atom. The third-order valence-corrected chi connectivity index (χ3v) is 4.50. The van der Waals surface area contributed by atoms with Crippen LogP contribution in [-0.2, 0) is 9.53 Å². The average Bonchev–Trinajstić information content (AvgIpc) is 3.04. The van der Waals surface area contributed by atoms with E-state index >= 15 is 0 Å². The van der Waals surface area contributed by atoms with E-state index in [2.05, 4.69) is 0 Å². The predicted octanol–water partition coefficient (Wildman–Crippen LogP) is 2.90. The zero-order chi connectivity index (χ0) is 20.8. The number of carboxylic acids is 1. The highest BCUT2D eigenvalue weighted by Gasteiger charge is 2.35. The number of aliphatic hydroxyl groups excluding tert-OH is 3. The molecule has 1 fully saturated rings. The van der Waals surface area contributed by atoms with Gasteiger partial charge in [-0.25, -0.2) is 0 Å². The van der Waals surface area contributed by atoms with Crippen LogP contribution in [0.4, 0.5) is 0 Å². The van der Waals surface area contributed by atoms with Crippen LogP contribution in [0, 0.1) is 0 Å². The Morgan fingerprint density at radius 2 is 1.75 bits per heavy atom. The van der Waals surface area contributed by atoms with E-state index < -0.39 is 30.4 Å². The van der Waals surface area contributed by atoms with Crippen molar-refractivity contribution >= 4 is 5.97 Å². The van der Waals surface area contributed by atoms with Crippen LogP contribution in [0.5, 0.6) is 0 Å². The molecule has 0 radical (unpaired) electrons. The molecule has 4 N–H and O–H groups in total. The smallest absolute Gasteiger partial charge is 0.303 e. The first kappa shape index (κ1) is 24.3. The second kappa shape index (κ2) is 14.3. The summed E-state index contributed by atoms with van der Waals surface area (Å²) in [6.07, 6.45) is 16.0. The van der Waals surface area contributed by atoms with Crippen molar-refractivity contribution in [1.82, 2.24) is 0 Å². The molecule has 0 bridgehead atoms. The van der Waals surface area contributed by atoms with E-state index in [0.29, 0.717) is 25.7 Å². The largest absolute Gasteiger partial charge is 0.481 e. The molecule has 6 nitrogen and oxygen atoms in total. The summed E-state index contributed by atoms with van der Waals surface area (Å²) in [4.78, 5) is 10.3. The Morgan fingerprint density at radius 3 is 2.39 bits per heavy atom.